The lowest BCUT2D eigenvalue weighted by Crippen LogP contribution is -2.65. The minimum absolute atomic E-state index is 0.0436. The fourth-order valence-corrected chi connectivity index (χ4v) is 4.17. The molecule has 2 heterocycles. The van der Waals surface area contributed by atoms with Crippen molar-refractivity contribution in [3.8, 4) is 0 Å². The molecule has 118 valence electrons. The third-order valence-corrected chi connectivity index (χ3v) is 5.37. The van der Waals surface area contributed by atoms with Gasteiger partial charge < -0.3 is 20.5 Å². The molecule has 2 saturated heterocycles. The quantitative estimate of drug-likeness (QED) is 0.784. The van der Waals surface area contributed by atoms with Gasteiger partial charge in [0, 0.05) is 12.6 Å². The van der Waals surface area contributed by atoms with Gasteiger partial charge in [0.2, 0.25) is 5.91 Å². The Morgan fingerprint density at radius 3 is 2.62 bits per heavy atom. The number of ether oxygens (including phenoxy) is 1. The lowest BCUT2D eigenvalue weighted by molar-refractivity contribution is -0.161. The van der Waals surface area contributed by atoms with E-state index in [0.29, 0.717) is 25.4 Å². The van der Waals surface area contributed by atoms with Crippen molar-refractivity contribution < 1.29 is 19.4 Å². The van der Waals surface area contributed by atoms with Crippen LogP contribution in [0.1, 0.15) is 44.9 Å². The normalized spacial score (nSPS) is 39.9. The molecule has 0 aromatic carbocycles. The number of nitrogens with zero attached hydrogens (tertiary/aromatic N) is 1. The van der Waals surface area contributed by atoms with Crippen LogP contribution < -0.4 is 5.73 Å². The van der Waals surface area contributed by atoms with Crippen LogP contribution in [0.3, 0.4) is 0 Å². The number of aliphatic carboxylic acids is 1. The van der Waals surface area contributed by atoms with Gasteiger partial charge in [-0.2, -0.15) is 0 Å². The Morgan fingerprint density at radius 2 is 1.95 bits per heavy atom. The van der Waals surface area contributed by atoms with Crippen LogP contribution >= 0.6 is 0 Å². The van der Waals surface area contributed by atoms with E-state index >= 15 is 0 Å². The highest BCUT2D eigenvalue weighted by atomic mass is 16.5. The highest BCUT2D eigenvalue weighted by molar-refractivity contribution is 5.91. The van der Waals surface area contributed by atoms with Gasteiger partial charge in [-0.05, 0) is 38.0 Å². The van der Waals surface area contributed by atoms with Gasteiger partial charge in [0.25, 0.3) is 0 Å². The molecule has 6 nitrogen and oxygen atoms in total. The van der Waals surface area contributed by atoms with Crippen molar-refractivity contribution in [1.82, 2.24) is 4.90 Å². The monoisotopic (exact) mass is 296 g/mol. The third kappa shape index (κ3) is 2.55. The summed E-state index contributed by atoms with van der Waals surface area (Å²) in [6.07, 6.45) is 6.15. The minimum Gasteiger partial charge on any atom is -0.480 e. The number of carboxylic acid groups (broad SMARTS) is 1. The molecule has 4 atom stereocenters. The summed E-state index contributed by atoms with van der Waals surface area (Å²) in [6, 6.07) is -0.681. The molecule has 0 bridgehead atoms. The van der Waals surface area contributed by atoms with Crippen molar-refractivity contribution in [2.45, 2.75) is 62.6 Å². The maximum absolute atomic E-state index is 12.9. The summed E-state index contributed by atoms with van der Waals surface area (Å²) in [6.45, 7) is 0.675. The van der Waals surface area contributed by atoms with Gasteiger partial charge in [-0.3, -0.25) is 4.79 Å². The van der Waals surface area contributed by atoms with Crippen LogP contribution in [-0.4, -0.2) is 52.7 Å². The maximum Gasteiger partial charge on any atom is 0.326 e. The van der Waals surface area contributed by atoms with Gasteiger partial charge in [0.1, 0.15) is 11.6 Å². The van der Waals surface area contributed by atoms with E-state index in [1.54, 1.807) is 4.90 Å². The second-order valence-electron chi connectivity index (χ2n) is 6.71. The van der Waals surface area contributed by atoms with Crippen molar-refractivity contribution in [2.75, 3.05) is 13.2 Å². The molecule has 21 heavy (non-hydrogen) atoms. The second-order valence-corrected chi connectivity index (χ2v) is 6.71. The first kappa shape index (κ1) is 14.8. The number of hydrogen-bond donors (Lipinski definition) is 2. The zero-order valence-corrected chi connectivity index (χ0v) is 12.3. The molecule has 3 rings (SSSR count). The first-order valence-corrected chi connectivity index (χ1v) is 7.95. The molecule has 3 N–H and O–H groups in total. The zero-order chi connectivity index (χ0) is 15.0. The maximum atomic E-state index is 12.9. The van der Waals surface area contributed by atoms with Crippen molar-refractivity contribution in [1.29, 1.82) is 0 Å². The fraction of sp³-hybridized carbons (Fsp3) is 0.867. The number of carboxylic acids is 1. The molecule has 3 aliphatic rings. The summed E-state index contributed by atoms with van der Waals surface area (Å²) in [5, 5.41) is 9.51. The zero-order valence-electron chi connectivity index (χ0n) is 12.3. The molecule has 0 spiro atoms. The molecule has 4 unspecified atom stereocenters. The predicted octanol–water partition coefficient (Wildman–Crippen LogP) is 0.739. The van der Waals surface area contributed by atoms with Crippen LogP contribution in [0.4, 0.5) is 0 Å². The molecule has 0 aromatic heterocycles. The molecule has 1 saturated carbocycles. The van der Waals surface area contributed by atoms with Crippen LogP contribution in [-0.2, 0) is 14.3 Å². The topological polar surface area (TPSA) is 92.9 Å². The van der Waals surface area contributed by atoms with E-state index in [1.165, 1.54) is 6.42 Å². The summed E-state index contributed by atoms with van der Waals surface area (Å²) in [5.74, 6) is -0.692. The number of carbonyl (C=O) groups excluding carboxylic acids is 1. The van der Waals surface area contributed by atoms with Gasteiger partial charge in [0.05, 0.1) is 6.61 Å². The van der Waals surface area contributed by atoms with Gasteiger partial charge in [0.15, 0.2) is 0 Å². The average molecular weight is 296 g/mol. The Bertz CT molecular complexity index is 433. The van der Waals surface area contributed by atoms with Crippen LogP contribution in [0, 0.1) is 5.92 Å². The van der Waals surface area contributed by atoms with Crippen molar-refractivity contribution in [3.63, 3.8) is 0 Å². The number of hydrogen-bond acceptors (Lipinski definition) is 4. The van der Waals surface area contributed by atoms with E-state index in [4.69, 9.17) is 10.5 Å². The number of fused-ring (bicyclic) bond motifs is 1. The van der Waals surface area contributed by atoms with Crippen molar-refractivity contribution in [2.24, 2.45) is 11.7 Å². The molecular weight excluding hydrogens is 272 g/mol. The first-order valence-electron chi connectivity index (χ1n) is 7.95. The third-order valence-electron chi connectivity index (χ3n) is 5.37. The Labute approximate surface area is 124 Å². The summed E-state index contributed by atoms with van der Waals surface area (Å²) < 4.78 is 5.28. The number of likely N-dealkylation sites (tertiary alicyclic amines) is 1. The molecule has 1 amide bonds. The van der Waals surface area contributed by atoms with E-state index in [-0.39, 0.29) is 18.6 Å². The lowest BCUT2D eigenvalue weighted by Gasteiger charge is -2.49. The summed E-state index contributed by atoms with van der Waals surface area (Å²) in [4.78, 5) is 26.2. The van der Waals surface area contributed by atoms with E-state index < -0.39 is 17.6 Å². The predicted molar refractivity (Wildman–Crippen MR) is 75.6 cm³/mol. The molecule has 0 radical (unpaired) electrons. The van der Waals surface area contributed by atoms with Gasteiger partial charge in [-0.1, -0.05) is 12.8 Å². The van der Waals surface area contributed by atoms with Crippen LogP contribution in [0.15, 0.2) is 0 Å². The smallest absolute Gasteiger partial charge is 0.326 e. The van der Waals surface area contributed by atoms with Crippen LogP contribution in [0.5, 0.6) is 0 Å². The van der Waals surface area contributed by atoms with Gasteiger partial charge in [-0.25, -0.2) is 4.79 Å². The SMILES string of the molecule is NC1(C(=O)N2C(C(=O)O)CCC3CCCCC32)CCOC1. The second kappa shape index (κ2) is 5.57. The fourth-order valence-electron chi connectivity index (χ4n) is 4.17. The Hall–Kier alpha value is -1.14. The summed E-state index contributed by atoms with van der Waals surface area (Å²) in [7, 11) is 0. The number of carbonyl (C=O) groups is 2. The van der Waals surface area contributed by atoms with E-state index in [9.17, 15) is 14.7 Å². The Balaban J connectivity index is 1.88. The van der Waals surface area contributed by atoms with Gasteiger partial charge >= 0.3 is 5.97 Å². The molecule has 1 aliphatic carbocycles. The summed E-state index contributed by atoms with van der Waals surface area (Å²) >= 11 is 0. The first-order chi connectivity index (χ1) is 10.0. The molecule has 6 heteroatoms. The Morgan fingerprint density at radius 1 is 1.19 bits per heavy atom. The molecular formula is C15H24N2O4. The lowest BCUT2D eigenvalue weighted by atomic mass is 9.75. The molecule has 3 fully saturated rings. The number of rotatable bonds is 2. The number of nitrogens with two attached hydrogens (primary N) is 1. The Kier molecular flexibility index (Phi) is 3.92. The number of amides is 1. The average Bonchev–Trinajstić information content (AvgIpc) is 2.93. The van der Waals surface area contributed by atoms with Crippen LogP contribution in [0.25, 0.3) is 0 Å². The number of piperidine rings is 1. The van der Waals surface area contributed by atoms with E-state index in [1.807, 2.05) is 0 Å². The molecule has 2 aliphatic heterocycles. The van der Waals surface area contributed by atoms with Crippen molar-refractivity contribution >= 4 is 11.9 Å². The highest BCUT2D eigenvalue weighted by Gasteiger charge is 2.50. The van der Waals surface area contributed by atoms with E-state index in [0.717, 1.165) is 25.7 Å². The van der Waals surface area contributed by atoms with E-state index in [2.05, 4.69) is 0 Å². The largest absolute Gasteiger partial charge is 0.480 e. The standard InChI is InChI=1S/C15H24N2O4/c16-15(7-8-21-9-15)14(20)17-11-4-2-1-3-10(11)5-6-12(17)13(18)19/h10-12H,1-9,16H2,(H,18,19). The minimum atomic E-state index is -1.03. The van der Waals surface area contributed by atoms with Gasteiger partial charge in [-0.15, -0.1) is 0 Å². The molecule has 0 aromatic rings. The highest BCUT2D eigenvalue weighted by Crippen LogP contribution is 2.39. The summed E-state index contributed by atoms with van der Waals surface area (Å²) in [5.41, 5.74) is 5.17. The van der Waals surface area contributed by atoms with Crippen LogP contribution in [0.2, 0.25) is 0 Å². The van der Waals surface area contributed by atoms with Crippen molar-refractivity contribution in [3.05, 3.63) is 0 Å².